The van der Waals surface area contributed by atoms with Gasteiger partial charge >= 0.3 is 0 Å². The summed E-state index contributed by atoms with van der Waals surface area (Å²) < 4.78 is 5.24. The first-order valence-electron chi connectivity index (χ1n) is 9.50. The molecule has 1 aliphatic rings. The smallest absolute Gasteiger partial charge is 0.259 e. The predicted octanol–water partition coefficient (Wildman–Crippen LogP) is 5.21. The van der Waals surface area contributed by atoms with Crippen molar-refractivity contribution >= 4 is 23.2 Å². The Morgan fingerprint density at radius 3 is 2.36 bits per heavy atom. The number of carbonyl (C=O) groups is 1. The highest BCUT2D eigenvalue weighted by Crippen LogP contribution is 2.35. The third kappa shape index (κ3) is 3.44. The lowest BCUT2D eigenvalue weighted by Crippen LogP contribution is -2.36. The van der Waals surface area contributed by atoms with Crippen molar-refractivity contribution in [3.8, 4) is 5.75 Å². The Kier molecular flexibility index (Phi) is 4.98. The molecule has 4 rings (SSSR count). The van der Waals surface area contributed by atoms with Gasteiger partial charge in [0.1, 0.15) is 5.75 Å². The highest BCUT2D eigenvalue weighted by atomic mass is 16.5. The van der Waals surface area contributed by atoms with Crippen molar-refractivity contribution in [1.82, 2.24) is 0 Å². The lowest BCUT2D eigenvalue weighted by atomic mass is 10.0. The van der Waals surface area contributed by atoms with Crippen molar-refractivity contribution in [3.63, 3.8) is 0 Å². The van der Waals surface area contributed by atoms with Crippen molar-refractivity contribution < 1.29 is 9.53 Å². The van der Waals surface area contributed by atoms with Gasteiger partial charge in [0, 0.05) is 17.3 Å². The number of anilines is 1. The molecule has 3 aromatic carbocycles. The standard InChI is InChI=1S/C25H23NO2/c1-18-16-21-10-6-7-11-24(21)26(18)25(27)23(20-8-4-3-5-9-20)17-19-12-14-22(28-2)15-13-19/h3-15,17-18H,16H2,1-2H3/b23-17+. The minimum atomic E-state index is 0.0273. The van der Waals surface area contributed by atoms with Gasteiger partial charge in [-0.05, 0) is 54.3 Å². The van der Waals surface area contributed by atoms with Crippen molar-refractivity contribution in [3.05, 3.63) is 95.6 Å². The fraction of sp³-hybridized carbons (Fsp3) is 0.160. The molecular formula is C25H23NO2. The summed E-state index contributed by atoms with van der Waals surface area (Å²) in [7, 11) is 1.65. The van der Waals surface area contributed by atoms with Crippen LogP contribution in [0.5, 0.6) is 5.75 Å². The summed E-state index contributed by atoms with van der Waals surface area (Å²) in [4.78, 5) is 15.6. The highest BCUT2D eigenvalue weighted by Gasteiger charge is 2.32. The second kappa shape index (κ2) is 7.73. The molecule has 1 heterocycles. The van der Waals surface area contributed by atoms with Gasteiger partial charge in [0.25, 0.3) is 5.91 Å². The number of para-hydroxylation sites is 1. The molecule has 0 aromatic heterocycles. The van der Waals surface area contributed by atoms with Gasteiger partial charge in [0.15, 0.2) is 0 Å². The summed E-state index contributed by atoms with van der Waals surface area (Å²) in [6, 6.07) is 25.9. The van der Waals surface area contributed by atoms with Crippen LogP contribution in [0.3, 0.4) is 0 Å². The number of hydrogen-bond acceptors (Lipinski definition) is 2. The van der Waals surface area contributed by atoms with Gasteiger partial charge in [0.2, 0.25) is 0 Å². The molecule has 3 nitrogen and oxygen atoms in total. The van der Waals surface area contributed by atoms with E-state index in [1.807, 2.05) is 83.8 Å². The number of hydrogen-bond donors (Lipinski definition) is 0. The van der Waals surface area contributed by atoms with Gasteiger partial charge < -0.3 is 9.64 Å². The molecule has 0 fully saturated rings. The minimum Gasteiger partial charge on any atom is -0.497 e. The molecule has 0 N–H and O–H groups in total. The molecule has 3 aromatic rings. The van der Waals surface area contributed by atoms with Gasteiger partial charge in [-0.1, -0.05) is 60.7 Å². The summed E-state index contributed by atoms with van der Waals surface area (Å²) in [5, 5.41) is 0. The third-order valence-corrected chi connectivity index (χ3v) is 5.17. The molecule has 140 valence electrons. The molecule has 1 atom stereocenters. The van der Waals surface area contributed by atoms with Crippen LogP contribution in [0.4, 0.5) is 5.69 Å². The van der Waals surface area contributed by atoms with E-state index in [-0.39, 0.29) is 11.9 Å². The Morgan fingerprint density at radius 2 is 1.64 bits per heavy atom. The molecule has 1 amide bonds. The summed E-state index contributed by atoms with van der Waals surface area (Å²) in [5.41, 5.74) is 4.80. The number of carbonyl (C=O) groups excluding carboxylic acids is 1. The third-order valence-electron chi connectivity index (χ3n) is 5.17. The van der Waals surface area contributed by atoms with E-state index < -0.39 is 0 Å². The van der Waals surface area contributed by atoms with Gasteiger partial charge in [-0.15, -0.1) is 0 Å². The first kappa shape index (κ1) is 18.1. The largest absolute Gasteiger partial charge is 0.497 e. The highest BCUT2D eigenvalue weighted by molar-refractivity contribution is 6.30. The number of benzene rings is 3. The SMILES string of the molecule is COc1ccc(/C=C(/C(=O)N2c3ccccc3CC2C)c2ccccc2)cc1. The van der Waals surface area contributed by atoms with E-state index in [2.05, 4.69) is 13.0 Å². The van der Waals surface area contributed by atoms with E-state index in [1.165, 1.54) is 5.56 Å². The number of methoxy groups -OCH3 is 1. The molecule has 0 aliphatic carbocycles. The summed E-state index contributed by atoms with van der Waals surface area (Å²) in [6.07, 6.45) is 2.84. The van der Waals surface area contributed by atoms with Crippen LogP contribution in [-0.2, 0) is 11.2 Å². The normalized spacial score (nSPS) is 16.0. The molecule has 1 unspecified atom stereocenters. The van der Waals surface area contributed by atoms with E-state index in [1.54, 1.807) is 7.11 Å². The number of nitrogens with zero attached hydrogens (tertiary/aromatic N) is 1. The zero-order valence-electron chi connectivity index (χ0n) is 16.1. The van der Waals surface area contributed by atoms with Gasteiger partial charge in [-0.2, -0.15) is 0 Å². The minimum absolute atomic E-state index is 0.0273. The van der Waals surface area contributed by atoms with Crippen LogP contribution in [0.25, 0.3) is 11.6 Å². The van der Waals surface area contributed by atoms with E-state index in [4.69, 9.17) is 4.74 Å². The predicted molar refractivity (Wildman–Crippen MR) is 114 cm³/mol. The maximum absolute atomic E-state index is 13.7. The number of fused-ring (bicyclic) bond motifs is 1. The average molecular weight is 369 g/mol. The first-order chi connectivity index (χ1) is 13.7. The molecule has 1 aliphatic heterocycles. The second-order valence-electron chi connectivity index (χ2n) is 7.05. The summed E-state index contributed by atoms with van der Waals surface area (Å²) in [6.45, 7) is 2.11. The quantitative estimate of drug-likeness (QED) is 0.466. The Balaban J connectivity index is 1.77. The second-order valence-corrected chi connectivity index (χ2v) is 7.05. The van der Waals surface area contributed by atoms with Gasteiger partial charge in [-0.3, -0.25) is 4.79 Å². The van der Waals surface area contributed by atoms with Gasteiger partial charge in [0.05, 0.1) is 7.11 Å². The van der Waals surface area contributed by atoms with Crippen molar-refractivity contribution in [2.75, 3.05) is 12.0 Å². The molecule has 0 spiro atoms. The first-order valence-corrected chi connectivity index (χ1v) is 9.50. The molecule has 0 radical (unpaired) electrons. The number of ether oxygens (including phenoxy) is 1. The monoisotopic (exact) mass is 369 g/mol. The van der Waals surface area contributed by atoms with Crippen molar-refractivity contribution in [2.24, 2.45) is 0 Å². The summed E-state index contributed by atoms with van der Waals surface area (Å²) in [5.74, 6) is 0.825. The molecule has 0 saturated heterocycles. The lowest BCUT2D eigenvalue weighted by Gasteiger charge is -2.24. The Labute approximate surface area is 165 Å². The van der Waals surface area contributed by atoms with E-state index in [0.29, 0.717) is 5.57 Å². The van der Waals surface area contributed by atoms with Crippen LogP contribution >= 0.6 is 0 Å². The Morgan fingerprint density at radius 1 is 0.964 bits per heavy atom. The fourth-order valence-electron chi connectivity index (χ4n) is 3.76. The zero-order valence-corrected chi connectivity index (χ0v) is 16.1. The van der Waals surface area contributed by atoms with Crippen LogP contribution < -0.4 is 9.64 Å². The van der Waals surface area contributed by atoms with Crippen LogP contribution in [0, 0.1) is 0 Å². The van der Waals surface area contributed by atoms with Crippen LogP contribution in [0.15, 0.2) is 78.9 Å². The molecule has 0 bridgehead atoms. The number of rotatable bonds is 4. The van der Waals surface area contributed by atoms with Crippen molar-refractivity contribution in [2.45, 2.75) is 19.4 Å². The van der Waals surface area contributed by atoms with Crippen molar-refractivity contribution in [1.29, 1.82) is 0 Å². The summed E-state index contributed by atoms with van der Waals surface area (Å²) >= 11 is 0. The average Bonchev–Trinajstić information content (AvgIpc) is 3.08. The maximum Gasteiger partial charge on any atom is 0.259 e. The van der Waals surface area contributed by atoms with Crippen LogP contribution in [-0.4, -0.2) is 19.1 Å². The van der Waals surface area contributed by atoms with Crippen LogP contribution in [0.1, 0.15) is 23.6 Å². The van der Waals surface area contributed by atoms with E-state index >= 15 is 0 Å². The maximum atomic E-state index is 13.7. The van der Waals surface area contributed by atoms with Crippen LogP contribution in [0.2, 0.25) is 0 Å². The fourth-order valence-corrected chi connectivity index (χ4v) is 3.76. The van der Waals surface area contributed by atoms with Gasteiger partial charge in [-0.25, -0.2) is 0 Å². The van der Waals surface area contributed by atoms with E-state index in [0.717, 1.165) is 29.0 Å². The Bertz CT molecular complexity index is 1010. The zero-order chi connectivity index (χ0) is 19.5. The number of amides is 1. The van der Waals surface area contributed by atoms with E-state index in [9.17, 15) is 4.79 Å². The molecular weight excluding hydrogens is 346 g/mol. The lowest BCUT2D eigenvalue weighted by molar-refractivity contribution is -0.113. The Hall–Kier alpha value is -3.33. The molecule has 28 heavy (non-hydrogen) atoms. The molecule has 3 heteroatoms. The molecule has 0 saturated carbocycles. The topological polar surface area (TPSA) is 29.5 Å².